The molecule has 0 bridgehead atoms. The molecule has 0 aliphatic carbocycles. The van der Waals surface area contributed by atoms with Gasteiger partial charge in [0.2, 0.25) is 9.96 Å². The van der Waals surface area contributed by atoms with Crippen molar-refractivity contribution in [2.45, 2.75) is 4.21 Å². The Kier molecular flexibility index (Phi) is 2.92. The Morgan fingerprint density at radius 3 is 3.00 bits per heavy atom. The van der Waals surface area contributed by atoms with Crippen molar-refractivity contribution in [2.24, 2.45) is 0 Å². The second-order valence-corrected chi connectivity index (χ2v) is 4.44. The van der Waals surface area contributed by atoms with Crippen LogP contribution in [0.4, 0.5) is 0 Å². The van der Waals surface area contributed by atoms with Gasteiger partial charge in [0, 0.05) is 17.2 Å². The molecule has 0 aliphatic rings. The second-order valence-electron chi connectivity index (χ2n) is 1.82. The predicted molar refractivity (Wildman–Crippen MR) is 43.2 cm³/mol. The van der Waals surface area contributed by atoms with E-state index in [0.717, 1.165) is 0 Å². The number of carbonyl (C=O) groups is 1. The van der Waals surface area contributed by atoms with E-state index in [4.69, 9.17) is 5.11 Å². The second kappa shape index (κ2) is 3.75. The first kappa shape index (κ1) is 8.58. The molecule has 0 unspecified atom stereocenters. The maximum absolute atomic E-state index is 11.1. The molecule has 60 valence electrons. The van der Waals surface area contributed by atoms with Gasteiger partial charge in [-0.1, -0.05) is 11.3 Å². The Labute approximate surface area is 70.9 Å². The largest absolute Gasteiger partial charge is 0.610 e. The zero-order valence-electron chi connectivity index (χ0n) is 5.52. The molecule has 0 spiro atoms. The minimum absolute atomic E-state index is 0.305. The van der Waals surface area contributed by atoms with Crippen LogP contribution in [0.25, 0.3) is 0 Å². The van der Waals surface area contributed by atoms with E-state index < -0.39 is 17.1 Å². The van der Waals surface area contributed by atoms with Gasteiger partial charge >= 0.3 is 5.97 Å². The smallest absolute Gasteiger partial charge is 0.354 e. The fourth-order valence-electron chi connectivity index (χ4n) is 0.576. The monoisotopic (exact) mass is 190 g/mol. The average Bonchev–Trinajstić information content (AvgIpc) is 2.35. The molecule has 0 aliphatic heterocycles. The van der Waals surface area contributed by atoms with Crippen molar-refractivity contribution in [3.63, 3.8) is 0 Å². The zero-order valence-corrected chi connectivity index (χ0v) is 7.15. The van der Waals surface area contributed by atoms with Crippen molar-refractivity contribution in [3.05, 3.63) is 17.5 Å². The molecule has 0 aromatic carbocycles. The van der Waals surface area contributed by atoms with Gasteiger partial charge in [0.1, 0.15) is 0 Å². The highest BCUT2D eigenvalue weighted by atomic mass is 32.2. The molecule has 1 heterocycles. The number of hydrogen-bond acceptors (Lipinski definition) is 3. The van der Waals surface area contributed by atoms with Crippen LogP contribution < -0.4 is 0 Å². The van der Waals surface area contributed by atoms with E-state index in [1.54, 1.807) is 17.5 Å². The van der Waals surface area contributed by atoms with Gasteiger partial charge in [-0.15, -0.1) is 0 Å². The van der Waals surface area contributed by atoms with Crippen molar-refractivity contribution < 1.29 is 14.5 Å². The third kappa shape index (κ3) is 2.53. The highest BCUT2D eigenvalue weighted by molar-refractivity contribution is 7.94. The molecule has 3 nitrogen and oxygen atoms in total. The van der Waals surface area contributed by atoms with Crippen LogP contribution >= 0.6 is 11.3 Å². The minimum Gasteiger partial charge on any atom is -0.610 e. The van der Waals surface area contributed by atoms with Crippen LogP contribution in [-0.4, -0.2) is 21.4 Å². The van der Waals surface area contributed by atoms with Crippen LogP contribution in [0, 0.1) is 0 Å². The maximum Gasteiger partial charge on any atom is 0.354 e. The van der Waals surface area contributed by atoms with Crippen LogP contribution in [0.2, 0.25) is 0 Å². The molecule has 0 amide bonds. The van der Waals surface area contributed by atoms with E-state index in [2.05, 4.69) is 0 Å². The summed E-state index contributed by atoms with van der Waals surface area (Å²) in [7, 11) is 0. The van der Waals surface area contributed by atoms with Gasteiger partial charge in [-0.3, -0.25) is 0 Å². The lowest BCUT2D eigenvalue weighted by molar-refractivity contribution is -0.134. The number of hydrogen-bond donors (Lipinski definition) is 1. The number of aliphatic carboxylic acids is 1. The molecule has 11 heavy (non-hydrogen) atoms. The molecule has 1 N–H and O–H groups in total. The molecule has 0 radical (unpaired) electrons. The highest BCUT2D eigenvalue weighted by Crippen LogP contribution is 2.16. The minimum atomic E-state index is -1.36. The van der Waals surface area contributed by atoms with E-state index in [1.807, 2.05) is 0 Å². The lowest BCUT2D eigenvalue weighted by atomic mass is 10.7. The Balaban J connectivity index is 2.56. The summed E-state index contributed by atoms with van der Waals surface area (Å²) < 4.78 is 11.7. The summed E-state index contributed by atoms with van der Waals surface area (Å²) in [6, 6.07) is 3.42. The lowest BCUT2D eigenvalue weighted by Gasteiger charge is -2.03. The summed E-state index contributed by atoms with van der Waals surface area (Å²) in [5.41, 5.74) is 0. The van der Waals surface area contributed by atoms with Crippen molar-refractivity contribution >= 4 is 28.5 Å². The highest BCUT2D eigenvalue weighted by Gasteiger charge is 2.15. The Morgan fingerprint density at radius 2 is 2.55 bits per heavy atom. The summed E-state index contributed by atoms with van der Waals surface area (Å²) in [6.45, 7) is 0. The van der Waals surface area contributed by atoms with Gasteiger partial charge < -0.3 is 9.66 Å². The summed E-state index contributed by atoms with van der Waals surface area (Å²) >= 11 is -0.0539. The first-order chi connectivity index (χ1) is 5.20. The van der Waals surface area contributed by atoms with Gasteiger partial charge in [0.25, 0.3) is 0 Å². The predicted octanol–water partition coefficient (Wildman–Crippen LogP) is 0.940. The number of thiophene rings is 1. The number of rotatable bonds is 3. The van der Waals surface area contributed by atoms with Crippen LogP contribution in [-0.2, 0) is 16.0 Å². The normalized spacial score (nSPS) is 12.8. The van der Waals surface area contributed by atoms with Gasteiger partial charge in [-0.2, -0.15) is 0 Å². The first-order valence-electron chi connectivity index (χ1n) is 2.84. The quantitative estimate of drug-likeness (QED) is 0.721. The lowest BCUT2D eigenvalue weighted by Crippen LogP contribution is -2.14. The summed E-state index contributed by atoms with van der Waals surface area (Å²) in [5, 5.41) is 10.1. The molecule has 0 saturated heterocycles. The molecule has 0 fully saturated rings. The first-order valence-corrected chi connectivity index (χ1v) is 5.03. The molecule has 1 aromatic rings. The Bertz CT molecular complexity index is 232. The van der Waals surface area contributed by atoms with E-state index in [0.29, 0.717) is 4.21 Å². The van der Waals surface area contributed by atoms with Gasteiger partial charge in [-0.05, 0) is 11.4 Å². The maximum atomic E-state index is 11.1. The zero-order chi connectivity index (χ0) is 8.27. The van der Waals surface area contributed by atoms with Gasteiger partial charge in [0.15, 0.2) is 0 Å². The molecule has 0 saturated carbocycles. The number of carboxylic acid groups (broad SMARTS) is 1. The van der Waals surface area contributed by atoms with E-state index >= 15 is 0 Å². The fraction of sp³-hybridized carbons (Fsp3) is 0.167. The molecular formula is C6H6O3S2. The topological polar surface area (TPSA) is 60.4 Å². The molecule has 5 heteroatoms. The van der Waals surface area contributed by atoms with E-state index in [9.17, 15) is 9.35 Å². The van der Waals surface area contributed by atoms with Crippen molar-refractivity contribution in [1.29, 1.82) is 0 Å². The average molecular weight is 190 g/mol. The van der Waals surface area contributed by atoms with E-state index in [1.165, 1.54) is 11.3 Å². The van der Waals surface area contributed by atoms with E-state index in [-0.39, 0.29) is 5.75 Å². The standard InChI is InChI=1S/C6H6O3S2/c7-5(8)4-11(9)6-2-1-3-10-6/h1-3H,4H2,(H,7,8)/t11-/m1/s1. The molecule has 1 aromatic heterocycles. The Morgan fingerprint density at radius 1 is 1.82 bits per heavy atom. The molecule has 1 rings (SSSR count). The third-order valence-electron chi connectivity index (χ3n) is 0.974. The van der Waals surface area contributed by atoms with Crippen molar-refractivity contribution in [3.8, 4) is 0 Å². The number of carboxylic acids is 1. The molecular weight excluding hydrogens is 184 g/mol. The van der Waals surface area contributed by atoms with Crippen LogP contribution in [0.1, 0.15) is 0 Å². The third-order valence-corrected chi connectivity index (χ3v) is 3.58. The Hall–Kier alpha value is -0.520. The summed E-state index contributed by atoms with van der Waals surface area (Å²) in [6.07, 6.45) is 0. The van der Waals surface area contributed by atoms with Crippen molar-refractivity contribution in [1.82, 2.24) is 0 Å². The van der Waals surface area contributed by atoms with Gasteiger partial charge in [-0.25, -0.2) is 4.79 Å². The van der Waals surface area contributed by atoms with Crippen LogP contribution in [0.5, 0.6) is 0 Å². The van der Waals surface area contributed by atoms with Gasteiger partial charge in [0.05, 0.1) is 0 Å². The van der Waals surface area contributed by atoms with Crippen LogP contribution in [0.15, 0.2) is 21.7 Å². The van der Waals surface area contributed by atoms with Crippen LogP contribution in [0.3, 0.4) is 0 Å². The fourth-order valence-corrected chi connectivity index (χ4v) is 2.39. The molecule has 1 atom stereocenters. The summed E-state index contributed by atoms with van der Waals surface area (Å²) in [5.74, 6) is -1.34. The van der Waals surface area contributed by atoms with Crippen molar-refractivity contribution in [2.75, 3.05) is 5.75 Å². The summed E-state index contributed by atoms with van der Waals surface area (Å²) in [4.78, 5) is 10.1. The SMILES string of the molecule is O=C(O)C[S@@+]([O-])c1cccs1.